The van der Waals surface area contributed by atoms with Crippen molar-refractivity contribution in [1.29, 1.82) is 0 Å². The minimum Gasteiger partial charge on any atom is -0.357 e. The van der Waals surface area contributed by atoms with Crippen LogP contribution >= 0.6 is 0 Å². The van der Waals surface area contributed by atoms with Crippen LogP contribution in [0.15, 0.2) is 36.5 Å². The summed E-state index contributed by atoms with van der Waals surface area (Å²) >= 11 is 0. The lowest BCUT2D eigenvalue weighted by Crippen LogP contribution is -2.18. The normalized spacial score (nSPS) is 13.3. The smallest absolute Gasteiger partial charge is 0.0943 e. The average molecular weight is 225 g/mol. The van der Waals surface area contributed by atoms with Crippen molar-refractivity contribution < 1.29 is 0 Å². The van der Waals surface area contributed by atoms with Crippen LogP contribution in [0.2, 0.25) is 0 Å². The van der Waals surface area contributed by atoms with E-state index < -0.39 is 0 Å². The second-order valence-corrected chi connectivity index (χ2v) is 4.58. The van der Waals surface area contributed by atoms with Crippen molar-refractivity contribution in [3.05, 3.63) is 42.2 Å². The number of nitrogens with two attached hydrogens (primary N) is 1. The fourth-order valence-electron chi connectivity index (χ4n) is 2.22. The Balaban J connectivity index is 2.24. The summed E-state index contributed by atoms with van der Waals surface area (Å²) in [6, 6.07) is 10.6. The number of aromatic amines is 1. The van der Waals surface area contributed by atoms with Gasteiger partial charge in [0, 0.05) is 35.1 Å². The van der Waals surface area contributed by atoms with E-state index in [0.717, 1.165) is 23.1 Å². The topological polar surface area (TPSA) is 54.7 Å². The Kier molecular flexibility index (Phi) is 2.34. The molecule has 0 bridgehead atoms. The van der Waals surface area contributed by atoms with Crippen molar-refractivity contribution in [2.75, 3.05) is 0 Å². The summed E-state index contributed by atoms with van der Waals surface area (Å²) in [5.74, 6) is 0. The molecule has 3 aromatic rings. The lowest BCUT2D eigenvalue weighted by Gasteiger charge is -2.08. The van der Waals surface area contributed by atoms with Crippen molar-refractivity contribution in [3.63, 3.8) is 0 Å². The highest BCUT2D eigenvalue weighted by atomic mass is 14.8. The van der Waals surface area contributed by atoms with Gasteiger partial charge in [-0.3, -0.25) is 4.98 Å². The molecule has 86 valence electrons. The molecule has 0 radical (unpaired) electrons. The molecule has 3 N–H and O–H groups in total. The summed E-state index contributed by atoms with van der Waals surface area (Å²) < 4.78 is 0. The molecule has 1 atom stereocenters. The second-order valence-electron chi connectivity index (χ2n) is 4.58. The van der Waals surface area contributed by atoms with E-state index in [0.29, 0.717) is 0 Å². The third-order valence-electron chi connectivity index (χ3n) is 2.99. The van der Waals surface area contributed by atoms with Crippen molar-refractivity contribution in [1.82, 2.24) is 9.97 Å². The molecule has 0 saturated carbocycles. The summed E-state index contributed by atoms with van der Waals surface area (Å²) in [4.78, 5) is 7.85. The number of H-pyrrole nitrogens is 1. The molecule has 0 amide bonds. The summed E-state index contributed by atoms with van der Waals surface area (Å²) in [5, 5.41) is 2.36. The van der Waals surface area contributed by atoms with E-state index in [4.69, 9.17) is 5.73 Å². The Morgan fingerprint density at radius 2 is 1.94 bits per heavy atom. The van der Waals surface area contributed by atoms with Crippen LogP contribution in [-0.4, -0.2) is 16.0 Å². The van der Waals surface area contributed by atoms with Crippen LogP contribution in [0.1, 0.15) is 12.6 Å². The number of nitrogens with zero attached hydrogens (tertiary/aromatic N) is 1. The highest BCUT2D eigenvalue weighted by Gasteiger charge is 2.04. The number of pyridine rings is 1. The van der Waals surface area contributed by atoms with Gasteiger partial charge in [-0.2, -0.15) is 0 Å². The van der Waals surface area contributed by atoms with Crippen LogP contribution < -0.4 is 5.73 Å². The molecule has 0 aliphatic carbocycles. The number of rotatable bonds is 2. The van der Waals surface area contributed by atoms with Crippen molar-refractivity contribution in [2.45, 2.75) is 19.4 Å². The molecule has 3 nitrogen and oxygen atoms in total. The highest BCUT2D eigenvalue weighted by molar-refractivity contribution is 6.02. The van der Waals surface area contributed by atoms with Gasteiger partial charge in [-0.1, -0.05) is 18.2 Å². The summed E-state index contributed by atoms with van der Waals surface area (Å²) in [7, 11) is 0. The summed E-state index contributed by atoms with van der Waals surface area (Å²) in [5.41, 5.74) is 9.12. The van der Waals surface area contributed by atoms with E-state index in [1.807, 2.05) is 19.2 Å². The van der Waals surface area contributed by atoms with Crippen molar-refractivity contribution in [3.8, 4) is 0 Å². The first-order valence-electron chi connectivity index (χ1n) is 5.85. The van der Waals surface area contributed by atoms with Crippen LogP contribution in [-0.2, 0) is 6.42 Å². The van der Waals surface area contributed by atoms with Gasteiger partial charge in [0.25, 0.3) is 0 Å². The van der Waals surface area contributed by atoms with Gasteiger partial charge in [-0.25, -0.2) is 0 Å². The molecule has 3 rings (SSSR count). The van der Waals surface area contributed by atoms with Crippen LogP contribution in [0.4, 0.5) is 0 Å². The Bertz CT molecular complexity index is 667. The van der Waals surface area contributed by atoms with Gasteiger partial charge in [0.1, 0.15) is 0 Å². The van der Waals surface area contributed by atoms with Gasteiger partial charge in [0.15, 0.2) is 0 Å². The Morgan fingerprint density at radius 1 is 1.18 bits per heavy atom. The fourth-order valence-corrected chi connectivity index (χ4v) is 2.22. The first kappa shape index (κ1) is 10.3. The van der Waals surface area contributed by atoms with Gasteiger partial charge in [-0.05, 0) is 19.1 Å². The molecule has 2 heterocycles. The summed E-state index contributed by atoms with van der Waals surface area (Å²) in [6.07, 6.45) is 2.70. The molecule has 2 aromatic heterocycles. The Hall–Kier alpha value is -1.87. The number of nitrogens with one attached hydrogen (secondary N) is 1. The van der Waals surface area contributed by atoms with Gasteiger partial charge in [-0.15, -0.1) is 0 Å². The number of benzene rings is 1. The van der Waals surface area contributed by atoms with Gasteiger partial charge in [0.05, 0.1) is 11.0 Å². The van der Waals surface area contributed by atoms with Crippen LogP contribution in [0, 0.1) is 0 Å². The molecule has 3 heteroatoms. The third kappa shape index (κ3) is 1.78. The molecule has 0 spiro atoms. The quantitative estimate of drug-likeness (QED) is 0.704. The number of fused-ring (bicyclic) bond motifs is 3. The molecule has 0 fully saturated rings. The molecule has 0 aliphatic heterocycles. The lowest BCUT2D eigenvalue weighted by molar-refractivity contribution is 0.725. The molecular formula is C14H15N3. The predicted octanol–water partition coefficient (Wildman–Crippen LogP) is 2.61. The number of hydrogen-bond acceptors (Lipinski definition) is 2. The maximum Gasteiger partial charge on any atom is 0.0943 e. The van der Waals surface area contributed by atoms with Crippen molar-refractivity contribution in [2.24, 2.45) is 5.73 Å². The zero-order valence-electron chi connectivity index (χ0n) is 9.77. The maximum absolute atomic E-state index is 5.83. The molecule has 0 unspecified atom stereocenters. The van der Waals surface area contributed by atoms with Gasteiger partial charge in [0.2, 0.25) is 0 Å². The van der Waals surface area contributed by atoms with Crippen LogP contribution in [0.3, 0.4) is 0 Å². The van der Waals surface area contributed by atoms with E-state index in [9.17, 15) is 0 Å². The van der Waals surface area contributed by atoms with E-state index in [1.54, 1.807) is 0 Å². The molecule has 1 aromatic carbocycles. The largest absolute Gasteiger partial charge is 0.357 e. The monoisotopic (exact) mass is 225 g/mol. The predicted molar refractivity (Wildman–Crippen MR) is 71.0 cm³/mol. The fraction of sp³-hybridized carbons (Fsp3) is 0.214. The van der Waals surface area contributed by atoms with E-state index in [2.05, 4.69) is 34.2 Å². The van der Waals surface area contributed by atoms with E-state index in [1.165, 1.54) is 10.8 Å². The first-order valence-corrected chi connectivity index (χ1v) is 5.85. The van der Waals surface area contributed by atoms with E-state index in [-0.39, 0.29) is 6.04 Å². The Morgan fingerprint density at radius 3 is 2.76 bits per heavy atom. The number of aromatic nitrogens is 2. The lowest BCUT2D eigenvalue weighted by atomic mass is 10.1. The van der Waals surface area contributed by atoms with Crippen LogP contribution in [0.5, 0.6) is 0 Å². The minimum atomic E-state index is 0.163. The zero-order chi connectivity index (χ0) is 11.8. The Labute approximate surface area is 99.7 Å². The molecule has 0 aliphatic rings. The van der Waals surface area contributed by atoms with Gasteiger partial charge >= 0.3 is 0 Å². The maximum atomic E-state index is 5.83. The zero-order valence-corrected chi connectivity index (χ0v) is 9.77. The standard InChI is InChI=1S/C14H15N3/c1-9(15)8-12-5-4-10-2-3-11-6-7-16-13(11)14(10)17-12/h2-7,9,17H,8,15H2,1H3/t9-/m0/s1. The average Bonchev–Trinajstić information content (AvgIpc) is 2.76. The molecular weight excluding hydrogens is 210 g/mol. The van der Waals surface area contributed by atoms with Crippen molar-refractivity contribution >= 4 is 21.8 Å². The number of hydrogen-bond donors (Lipinski definition) is 2. The third-order valence-corrected chi connectivity index (χ3v) is 2.99. The highest BCUT2D eigenvalue weighted by Crippen LogP contribution is 2.22. The molecule has 0 saturated heterocycles. The van der Waals surface area contributed by atoms with Crippen LogP contribution in [0.25, 0.3) is 21.8 Å². The minimum absolute atomic E-state index is 0.163. The van der Waals surface area contributed by atoms with E-state index >= 15 is 0 Å². The SMILES string of the molecule is C[C@H](N)Cc1ccc2ccc3ccnc3c2[nH]1. The molecule has 17 heavy (non-hydrogen) atoms. The van der Waals surface area contributed by atoms with Gasteiger partial charge < -0.3 is 10.7 Å². The second kappa shape index (κ2) is 3.86. The summed E-state index contributed by atoms with van der Waals surface area (Å²) in [6.45, 7) is 2.01. The first-order chi connectivity index (χ1) is 8.24.